The first-order chi connectivity index (χ1) is 12.6. The molecule has 7 nitrogen and oxygen atoms in total. The van der Waals surface area contributed by atoms with E-state index in [4.69, 9.17) is 4.52 Å². The molecule has 4 aromatic rings. The van der Waals surface area contributed by atoms with Crippen molar-refractivity contribution in [1.82, 2.24) is 19.7 Å². The van der Waals surface area contributed by atoms with Crippen LogP contribution in [0.15, 0.2) is 56.6 Å². The lowest BCUT2D eigenvalue weighted by atomic mass is 10.1. The van der Waals surface area contributed by atoms with Crippen molar-refractivity contribution < 1.29 is 4.52 Å². The minimum absolute atomic E-state index is 0.414. The number of aromatic nitrogens is 4. The molecule has 0 aliphatic carbocycles. The number of rotatable bonds is 3. The molecular formula is C19H16N4O3. The molecule has 0 spiro atoms. The van der Waals surface area contributed by atoms with E-state index in [0.717, 1.165) is 11.1 Å². The summed E-state index contributed by atoms with van der Waals surface area (Å²) in [5, 5.41) is 4.03. The minimum atomic E-state index is -0.648. The molecule has 0 aliphatic heterocycles. The zero-order valence-electron chi connectivity index (χ0n) is 14.3. The molecule has 0 atom stereocenters. The van der Waals surface area contributed by atoms with Gasteiger partial charge in [0.2, 0.25) is 5.82 Å². The Kier molecular flexibility index (Phi) is 3.76. The van der Waals surface area contributed by atoms with Crippen molar-refractivity contribution in [1.29, 1.82) is 0 Å². The van der Waals surface area contributed by atoms with Gasteiger partial charge in [0.05, 0.1) is 11.0 Å². The molecule has 130 valence electrons. The van der Waals surface area contributed by atoms with Crippen LogP contribution in [0.3, 0.4) is 0 Å². The first kappa shape index (κ1) is 16.0. The van der Waals surface area contributed by atoms with Crippen LogP contribution in [-0.2, 0) is 6.54 Å². The lowest BCUT2D eigenvalue weighted by Gasteiger charge is -2.07. The molecule has 26 heavy (non-hydrogen) atoms. The van der Waals surface area contributed by atoms with Gasteiger partial charge < -0.3 is 14.1 Å². The SMILES string of the molecule is CCn1c(=O)c(=O)[nH]c2cc(-c3noc(-c4ccc(C)cc4)n3)ccc21. The van der Waals surface area contributed by atoms with Crippen LogP contribution in [0.1, 0.15) is 12.5 Å². The summed E-state index contributed by atoms with van der Waals surface area (Å²) in [6.07, 6.45) is 0. The van der Waals surface area contributed by atoms with E-state index in [1.807, 2.05) is 38.1 Å². The quantitative estimate of drug-likeness (QED) is 0.575. The van der Waals surface area contributed by atoms with E-state index >= 15 is 0 Å². The maximum Gasteiger partial charge on any atom is 0.316 e. The molecule has 0 saturated carbocycles. The molecule has 0 fully saturated rings. The molecule has 4 rings (SSSR count). The average Bonchev–Trinajstić information content (AvgIpc) is 3.13. The smallest absolute Gasteiger partial charge is 0.316 e. The Balaban J connectivity index is 1.80. The van der Waals surface area contributed by atoms with E-state index in [-0.39, 0.29) is 0 Å². The fraction of sp³-hybridized carbons (Fsp3) is 0.158. The van der Waals surface area contributed by atoms with Crippen molar-refractivity contribution in [2.45, 2.75) is 20.4 Å². The van der Waals surface area contributed by atoms with Gasteiger partial charge in [-0.05, 0) is 44.2 Å². The normalized spacial score (nSPS) is 11.2. The maximum absolute atomic E-state index is 11.9. The summed E-state index contributed by atoms with van der Waals surface area (Å²) in [4.78, 5) is 30.8. The van der Waals surface area contributed by atoms with Crippen molar-refractivity contribution >= 4 is 11.0 Å². The third kappa shape index (κ3) is 2.63. The number of hydrogen-bond acceptors (Lipinski definition) is 5. The summed E-state index contributed by atoms with van der Waals surface area (Å²) in [7, 11) is 0. The topological polar surface area (TPSA) is 93.8 Å². The summed E-state index contributed by atoms with van der Waals surface area (Å²) in [5.41, 5.74) is 2.67. The summed E-state index contributed by atoms with van der Waals surface area (Å²) in [5.74, 6) is 0.838. The fourth-order valence-corrected chi connectivity index (χ4v) is 2.89. The van der Waals surface area contributed by atoms with E-state index in [2.05, 4.69) is 15.1 Å². The van der Waals surface area contributed by atoms with E-state index in [0.29, 0.717) is 34.9 Å². The maximum atomic E-state index is 11.9. The van der Waals surface area contributed by atoms with Gasteiger partial charge in [-0.1, -0.05) is 22.9 Å². The predicted octanol–water partition coefficient (Wildman–Crippen LogP) is 2.74. The van der Waals surface area contributed by atoms with Crippen LogP contribution in [0, 0.1) is 6.92 Å². The van der Waals surface area contributed by atoms with Crippen LogP contribution in [0.25, 0.3) is 33.9 Å². The second-order valence-corrected chi connectivity index (χ2v) is 6.02. The van der Waals surface area contributed by atoms with Crippen LogP contribution >= 0.6 is 0 Å². The molecule has 2 aromatic carbocycles. The zero-order chi connectivity index (χ0) is 18.3. The molecular weight excluding hydrogens is 332 g/mol. The third-order valence-corrected chi connectivity index (χ3v) is 4.27. The molecule has 2 aromatic heterocycles. The third-order valence-electron chi connectivity index (χ3n) is 4.27. The molecule has 0 unspecified atom stereocenters. The highest BCUT2D eigenvalue weighted by Gasteiger charge is 2.13. The van der Waals surface area contributed by atoms with Gasteiger partial charge in [0, 0.05) is 17.7 Å². The molecule has 1 N–H and O–H groups in total. The van der Waals surface area contributed by atoms with Gasteiger partial charge in [0.15, 0.2) is 0 Å². The lowest BCUT2D eigenvalue weighted by Crippen LogP contribution is -2.35. The van der Waals surface area contributed by atoms with Crippen LogP contribution in [0.2, 0.25) is 0 Å². The molecule has 0 bridgehead atoms. The van der Waals surface area contributed by atoms with Crippen LogP contribution < -0.4 is 11.1 Å². The second-order valence-electron chi connectivity index (χ2n) is 6.02. The number of nitrogens with zero attached hydrogens (tertiary/aromatic N) is 3. The van der Waals surface area contributed by atoms with Gasteiger partial charge in [-0.2, -0.15) is 4.98 Å². The van der Waals surface area contributed by atoms with E-state index < -0.39 is 11.1 Å². The minimum Gasteiger partial charge on any atom is -0.334 e. The second kappa shape index (κ2) is 6.11. The Morgan fingerprint density at radius 1 is 1.08 bits per heavy atom. The van der Waals surface area contributed by atoms with Crippen molar-refractivity contribution in [3.63, 3.8) is 0 Å². The number of aromatic amines is 1. The van der Waals surface area contributed by atoms with Crippen molar-refractivity contribution in [2.24, 2.45) is 0 Å². The summed E-state index contributed by atoms with van der Waals surface area (Å²) in [6.45, 7) is 4.24. The zero-order valence-corrected chi connectivity index (χ0v) is 14.3. The number of hydrogen-bond donors (Lipinski definition) is 1. The van der Waals surface area contributed by atoms with E-state index in [9.17, 15) is 9.59 Å². The summed E-state index contributed by atoms with van der Waals surface area (Å²) >= 11 is 0. The van der Waals surface area contributed by atoms with E-state index in [1.54, 1.807) is 18.2 Å². The van der Waals surface area contributed by atoms with Gasteiger partial charge in [-0.25, -0.2) is 0 Å². The first-order valence-electron chi connectivity index (χ1n) is 8.25. The number of fused-ring (bicyclic) bond motifs is 1. The lowest BCUT2D eigenvalue weighted by molar-refractivity contribution is 0.432. The Morgan fingerprint density at radius 3 is 2.54 bits per heavy atom. The number of nitrogens with one attached hydrogen (secondary N) is 1. The highest BCUT2D eigenvalue weighted by Crippen LogP contribution is 2.24. The van der Waals surface area contributed by atoms with Gasteiger partial charge in [0.1, 0.15) is 0 Å². The highest BCUT2D eigenvalue weighted by atomic mass is 16.5. The van der Waals surface area contributed by atoms with Gasteiger partial charge in [-0.3, -0.25) is 9.59 Å². The standard InChI is InChI=1S/C19H16N4O3/c1-3-23-15-9-8-13(10-14(15)20-17(24)19(23)25)16-21-18(26-22-16)12-6-4-11(2)5-7-12/h4-10H,3H2,1-2H3,(H,20,24). The molecule has 0 aliphatic rings. The van der Waals surface area contributed by atoms with Gasteiger partial charge in [-0.15, -0.1) is 0 Å². The Hall–Kier alpha value is -3.48. The number of aryl methyl sites for hydroxylation is 2. The Morgan fingerprint density at radius 2 is 1.81 bits per heavy atom. The largest absolute Gasteiger partial charge is 0.334 e. The Labute approximate surface area is 147 Å². The Bertz CT molecular complexity index is 1220. The molecule has 0 saturated heterocycles. The van der Waals surface area contributed by atoms with Gasteiger partial charge in [0.25, 0.3) is 5.89 Å². The van der Waals surface area contributed by atoms with E-state index in [1.165, 1.54) is 4.57 Å². The van der Waals surface area contributed by atoms with Crippen molar-refractivity contribution in [3.8, 4) is 22.8 Å². The number of H-pyrrole nitrogens is 1. The summed E-state index contributed by atoms with van der Waals surface area (Å²) < 4.78 is 6.79. The van der Waals surface area contributed by atoms with Crippen molar-refractivity contribution in [2.75, 3.05) is 0 Å². The number of benzene rings is 2. The molecule has 7 heteroatoms. The van der Waals surface area contributed by atoms with Crippen LogP contribution in [0.5, 0.6) is 0 Å². The fourth-order valence-electron chi connectivity index (χ4n) is 2.89. The monoisotopic (exact) mass is 348 g/mol. The van der Waals surface area contributed by atoms with Crippen LogP contribution in [-0.4, -0.2) is 19.7 Å². The van der Waals surface area contributed by atoms with Crippen LogP contribution in [0.4, 0.5) is 0 Å². The van der Waals surface area contributed by atoms with Gasteiger partial charge >= 0.3 is 11.1 Å². The average molecular weight is 348 g/mol. The van der Waals surface area contributed by atoms with Crippen molar-refractivity contribution in [3.05, 3.63) is 68.7 Å². The molecule has 0 amide bonds. The predicted molar refractivity (Wildman–Crippen MR) is 98.0 cm³/mol. The summed E-state index contributed by atoms with van der Waals surface area (Å²) in [6, 6.07) is 13.1. The highest BCUT2D eigenvalue weighted by molar-refractivity contribution is 5.80. The molecule has 0 radical (unpaired) electrons. The molecule has 2 heterocycles. The first-order valence-corrected chi connectivity index (χ1v) is 8.25.